The number of nitrogens with zero attached hydrogens (tertiary/aromatic N) is 2. The van der Waals surface area contributed by atoms with Gasteiger partial charge in [0.05, 0.1) is 18.6 Å². The van der Waals surface area contributed by atoms with Crippen molar-refractivity contribution in [3.05, 3.63) is 54.1 Å². The second-order valence-corrected chi connectivity index (χ2v) is 5.96. The molecule has 0 unspecified atom stereocenters. The third-order valence-corrected chi connectivity index (χ3v) is 4.00. The third-order valence-electron chi connectivity index (χ3n) is 3.17. The van der Waals surface area contributed by atoms with Gasteiger partial charge in [-0.3, -0.25) is 4.79 Å². The van der Waals surface area contributed by atoms with Crippen LogP contribution in [0.3, 0.4) is 0 Å². The first-order chi connectivity index (χ1) is 12.2. The van der Waals surface area contributed by atoms with Gasteiger partial charge in [-0.05, 0) is 36.8 Å². The first-order valence-electron chi connectivity index (χ1n) is 7.78. The highest BCUT2D eigenvalue weighted by Crippen LogP contribution is 2.22. The number of ether oxygens (including phenoxy) is 1. The van der Waals surface area contributed by atoms with E-state index in [4.69, 9.17) is 9.15 Å². The van der Waals surface area contributed by atoms with Crippen molar-refractivity contribution < 1.29 is 13.9 Å². The molecule has 6 nitrogen and oxygen atoms in total. The van der Waals surface area contributed by atoms with Crippen molar-refractivity contribution in [3.63, 3.8) is 0 Å². The van der Waals surface area contributed by atoms with E-state index in [1.807, 2.05) is 55.5 Å². The van der Waals surface area contributed by atoms with Crippen LogP contribution in [-0.4, -0.2) is 29.5 Å². The van der Waals surface area contributed by atoms with Gasteiger partial charge in [-0.15, -0.1) is 0 Å². The number of thioether (sulfide) groups is 1. The lowest BCUT2D eigenvalue weighted by molar-refractivity contribution is -0.118. The Morgan fingerprint density at radius 3 is 3.04 bits per heavy atom. The lowest BCUT2D eigenvalue weighted by Crippen LogP contribution is -2.19. The van der Waals surface area contributed by atoms with Crippen molar-refractivity contribution in [2.24, 2.45) is 5.10 Å². The summed E-state index contributed by atoms with van der Waals surface area (Å²) in [6.07, 6.45) is 1.57. The van der Waals surface area contributed by atoms with E-state index in [1.165, 1.54) is 11.8 Å². The average molecular weight is 355 g/mol. The van der Waals surface area contributed by atoms with Crippen LogP contribution in [0.4, 0.5) is 0 Å². The van der Waals surface area contributed by atoms with Gasteiger partial charge in [0.25, 0.3) is 11.1 Å². The zero-order valence-corrected chi connectivity index (χ0v) is 14.5. The zero-order valence-electron chi connectivity index (χ0n) is 13.6. The molecule has 0 aliphatic rings. The van der Waals surface area contributed by atoms with Crippen molar-refractivity contribution in [3.8, 4) is 5.75 Å². The van der Waals surface area contributed by atoms with E-state index in [-0.39, 0.29) is 11.7 Å². The van der Waals surface area contributed by atoms with Crippen LogP contribution in [0.5, 0.6) is 5.75 Å². The van der Waals surface area contributed by atoms with Crippen LogP contribution in [0.15, 0.2) is 63.3 Å². The van der Waals surface area contributed by atoms with Crippen molar-refractivity contribution in [1.82, 2.24) is 10.4 Å². The summed E-state index contributed by atoms with van der Waals surface area (Å²) < 4.78 is 11.0. The van der Waals surface area contributed by atoms with E-state index in [1.54, 1.807) is 6.21 Å². The second-order valence-electron chi connectivity index (χ2n) is 5.03. The van der Waals surface area contributed by atoms with Crippen LogP contribution < -0.4 is 10.2 Å². The molecule has 0 saturated heterocycles. The summed E-state index contributed by atoms with van der Waals surface area (Å²) in [5, 5.41) is 4.42. The van der Waals surface area contributed by atoms with Gasteiger partial charge in [0.2, 0.25) is 0 Å². The molecule has 7 heteroatoms. The highest BCUT2D eigenvalue weighted by molar-refractivity contribution is 7.99. The van der Waals surface area contributed by atoms with Gasteiger partial charge in [0, 0.05) is 0 Å². The van der Waals surface area contributed by atoms with E-state index >= 15 is 0 Å². The van der Waals surface area contributed by atoms with Gasteiger partial charge in [-0.1, -0.05) is 36.0 Å². The molecule has 128 valence electrons. The minimum Gasteiger partial charge on any atom is -0.494 e. The Hall–Kier alpha value is -2.80. The summed E-state index contributed by atoms with van der Waals surface area (Å²) in [7, 11) is 0. The maximum atomic E-state index is 11.9. The molecule has 0 aliphatic carbocycles. The molecule has 0 spiro atoms. The molecule has 0 bridgehead atoms. The predicted molar refractivity (Wildman–Crippen MR) is 98.1 cm³/mol. The van der Waals surface area contributed by atoms with E-state index in [9.17, 15) is 4.79 Å². The number of amides is 1. The molecule has 0 fully saturated rings. The van der Waals surface area contributed by atoms with E-state index in [2.05, 4.69) is 15.5 Å². The number of carbonyl (C=O) groups is 1. The highest BCUT2D eigenvalue weighted by atomic mass is 32.2. The number of benzene rings is 2. The van der Waals surface area contributed by atoms with E-state index in [0.29, 0.717) is 17.4 Å². The number of hydrogen-bond acceptors (Lipinski definition) is 6. The molecule has 0 saturated carbocycles. The van der Waals surface area contributed by atoms with Gasteiger partial charge in [0.15, 0.2) is 5.58 Å². The fourth-order valence-corrected chi connectivity index (χ4v) is 2.73. The molecule has 2 aromatic carbocycles. The standard InChI is InChI=1S/C18H17N3O3S/c1-2-23-14-7-5-6-13(10-14)11-19-21-17(22)12-25-18-20-15-8-3-4-9-16(15)24-18/h3-11H,2,12H2,1H3,(H,21,22)/b19-11+. The summed E-state index contributed by atoms with van der Waals surface area (Å²) in [5.41, 5.74) is 4.81. The molecule has 3 aromatic rings. The Kier molecular flexibility index (Phi) is 5.69. The topological polar surface area (TPSA) is 76.7 Å². The van der Waals surface area contributed by atoms with Crippen molar-refractivity contribution >= 4 is 35.0 Å². The Bertz CT molecular complexity index is 859. The molecule has 25 heavy (non-hydrogen) atoms. The van der Waals surface area contributed by atoms with Crippen LogP contribution in [0.1, 0.15) is 12.5 Å². The molecule has 1 aromatic heterocycles. The number of fused-ring (bicyclic) bond motifs is 1. The molecule has 1 N–H and O–H groups in total. The molecule has 3 rings (SSSR count). The van der Waals surface area contributed by atoms with Crippen LogP contribution in [0.2, 0.25) is 0 Å². The predicted octanol–water partition coefficient (Wildman–Crippen LogP) is 3.47. The highest BCUT2D eigenvalue weighted by Gasteiger charge is 2.08. The summed E-state index contributed by atoms with van der Waals surface area (Å²) in [6.45, 7) is 2.53. The van der Waals surface area contributed by atoms with Crippen LogP contribution in [0.25, 0.3) is 11.1 Å². The third kappa shape index (κ3) is 4.84. The molecular formula is C18H17N3O3S. The Morgan fingerprint density at radius 2 is 2.20 bits per heavy atom. The quantitative estimate of drug-likeness (QED) is 0.399. The average Bonchev–Trinajstić information content (AvgIpc) is 3.04. The minimum absolute atomic E-state index is 0.170. The minimum atomic E-state index is -0.232. The fraction of sp³-hybridized carbons (Fsp3) is 0.167. The van der Waals surface area contributed by atoms with Gasteiger partial charge >= 0.3 is 0 Å². The van der Waals surface area contributed by atoms with Crippen molar-refractivity contribution in [2.75, 3.05) is 12.4 Å². The number of hydrogen-bond donors (Lipinski definition) is 1. The molecule has 0 radical (unpaired) electrons. The summed E-state index contributed by atoms with van der Waals surface area (Å²) in [4.78, 5) is 16.2. The normalized spacial score (nSPS) is 11.1. The summed E-state index contributed by atoms with van der Waals surface area (Å²) >= 11 is 1.23. The van der Waals surface area contributed by atoms with E-state index in [0.717, 1.165) is 16.8 Å². The first kappa shape index (κ1) is 17.0. The van der Waals surface area contributed by atoms with Gasteiger partial charge in [-0.2, -0.15) is 5.10 Å². The SMILES string of the molecule is CCOc1cccc(/C=N/NC(=O)CSc2nc3ccccc3o2)c1. The van der Waals surface area contributed by atoms with Crippen molar-refractivity contribution in [2.45, 2.75) is 12.1 Å². The fourth-order valence-electron chi connectivity index (χ4n) is 2.10. The maximum absolute atomic E-state index is 11.9. The van der Waals surface area contributed by atoms with Gasteiger partial charge < -0.3 is 9.15 Å². The number of nitrogens with one attached hydrogen (secondary N) is 1. The second kappa shape index (κ2) is 8.34. The summed E-state index contributed by atoms with van der Waals surface area (Å²) in [5.74, 6) is 0.706. The Balaban J connectivity index is 1.50. The molecule has 0 aliphatic heterocycles. The van der Waals surface area contributed by atoms with Crippen LogP contribution in [0, 0.1) is 0 Å². The number of hydrazone groups is 1. The smallest absolute Gasteiger partial charge is 0.257 e. The molecule has 1 heterocycles. The Morgan fingerprint density at radius 1 is 1.32 bits per heavy atom. The van der Waals surface area contributed by atoms with Gasteiger partial charge in [0.1, 0.15) is 11.3 Å². The zero-order chi connectivity index (χ0) is 17.5. The van der Waals surface area contributed by atoms with Crippen LogP contribution in [-0.2, 0) is 4.79 Å². The van der Waals surface area contributed by atoms with E-state index < -0.39 is 0 Å². The number of rotatable bonds is 7. The molecular weight excluding hydrogens is 338 g/mol. The summed E-state index contributed by atoms with van der Waals surface area (Å²) in [6, 6.07) is 15.0. The largest absolute Gasteiger partial charge is 0.494 e. The number of carbonyl (C=O) groups excluding carboxylic acids is 1. The lowest BCUT2D eigenvalue weighted by atomic mass is 10.2. The van der Waals surface area contributed by atoms with Gasteiger partial charge in [-0.25, -0.2) is 10.4 Å². The number of aromatic nitrogens is 1. The Labute approximate surface area is 149 Å². The maximum Gasteiger partial charge on any atom is 0.257 e. The number of para-hydroxylation sites is 2. The molecule has 0 atom stereocenters. The lowest BCUT2D eigenvalue weighted by Gasteiger charge is -2.02. The van der Waals surface area contributed by atoms with Crippen molar-refractivity contribution in [1.29, 1.82) is 0 Å². The molecule has 1 amide bonds. The van der Waals surface area contributed by atoms with Crippen LogP contribution >= 0.6 is 11.8 Å². The monoisotopic (exact) mass is 355 g/mol. The first-order valence-corrected chi connectivity index (χ1v) is 8.76. The number of oxazole rings is 1.